The second-order valence-electron chi connectivity index (χ2n) is 9.62. The van der Waals surface area contributed by atoms with E-state index in [0.29, 0.717) is 11.8 Å². The Labute approximate surface area is 150 Å². The third kappa shape index (κ3) is 3.68. The zero-order chi connectivity index (χ0) is 18.4. The van der Waals surface area contributed by atoms with E-state index in [-0.39, 0.29) is 10.8 Å². The summed E-state index contributed by atoms with van der Waals surface area (Å²) in [6.07, 6.45) is 6.19. The van der Waals surface area contributed by atoms with Crippen molar-refractivity contribution in [1.82, 2.24) is 0 Å². The van der Waals surface area contributed by atoms with Gasteiger partial charge in [-0.1, -0.05) is 66.2 Å². The molecule has 0 heteroatoms. The summed E-state index contributed by atoms with van der Waals surface area (Å²) in [6, 6.07) is 6.09. The lowest BCUT2D eigenvalue weighted by atomic mass is 9.70. The summed E-state index contributed by atoms with van der Waals surface area (Å²) in [5, 5.41) is 0. The average molecular weight is 323 g/mol. The van der Waals surface area contributed by atoms with Gasteiger partial charge in [0.05, 0.1) is 0 Å². The normalized spacial score (nSPS) is 22.2. The fourth-order valence-electron chi connectivity index (χ4n) is 3.24. The molecule has 2 atom stereocenters. The van der Waals surface area contributed by atoms with Crippen LogP contribution in [0.5, 0.6) is 0 Å². The smallest absolute Gasteiger partial charge is 0.0167 e. The Morgan fingerprint density at radius 2 is 1.50 bits per heavy atom. The molecule has 0 saturated heterocycles. The molecule has 0 bridgehead atoms. The van der Waals surface area contributed by atoms with Crippen molar-refractivity contribution in [1.29, 1.82) is 0 Å². The maximum absolute atomic E-state index is 3.85. The van der Waals surface area contributed by atoms with Gasteiger partial charge in [0.2, 0.25) is 0 Å². The van der Waals surface area contributed by atoms with Crippen molar-refractivity contribution in [3.63, 3.8) is 0 Å². The fourth-order valence-corrected chi connectivity index (χ4v) is 3.24. The molecule has 0 aliphatic heterocycles. The molecular formula is C24H34. The predicted octanol–water partition coefficient (Wildman–Crippen LogP) is 6.86. The fraction of sp³-hybridized carbons (Fsp3) is 0.583. The zero-order valence-electron chi connectivity index (χ0n) is 17.3. The van der Waals surface area contributed by atoms with E-state index in [9.17, 15) is 0 Å². The quantitative estimate of drug-likeness (QED) is 0.530. The molecule has 1 aliphatic carbocycles. The lowest BCUT2D eigenvalue weighted by Gasteiger charge is -2.33. The molecule has 1 unspecified atom stereocenters. The summed E-state index contributed by atoms with van der Waals surface area (Å²) in [5.41, 5.74) is 8.41. The van der Waals surface area contributed by atoms with Crippen molar-refractivity contribution in [3.8, 4) is 0 Å². The van der Waals surface area contributed by atoms with E-state index in [1.165, 1.54) is 33.4 Å². The van der Waals surface area contributed by atoms with E-state index in [4.69, 9.17) is 0 Å². The highest BCUT2D eigenvalue weighted by molar-refractivity contribution is 5.45. The van der Waals surface area contributed by atoms with E-state index in [2.05, 4.69) is 93.5 Å². The van der Waals surface area contributed by atoms with E-state index < -0.39 is 0 Å². The van der Waals surface area contributed by atoms with Gasteiger partial charge in [-0.15, -0.1) is 0 Å². The van der Waals surface area contributed by atoms with E-state index in [1.54, 1.807) is 0 Å². The number of rotatable bonds is 1. The minimum absolute atomic E-state index is 0.118. The highest BCUT2D eigenvalue weighted by Crippen LogP contribution is 2.42. The molecule has 1 aromatic rings. The first-order chi connectivity index (χ1) is 10.8. The number of allylic oxidation sites excluding steroid dienone is 4. The molecule has 130 valence electrons. The lowest BCUT2D eigenvalue weighted by molar-refractivity contribution is 0.483. The first-order valence-electron chi connectivity index (χ1n) is 9.18. The topological polar surface area (TPSA) is 0 Å². The number of aryl methyl sites for hydroxylation is 1. The van der Waals surface area contributed by atoms with E-state index >= 15 is 0 Å². The molecule has 24 heavy (non-hydrogen) atoms. The van der Waals surface area contributed by atoms with Crippen LogP contribution in [0.25, 0.3) is 0 Å². The Kier molecular flexibility index (Phi) is 4.92. The van der Waals surface area contributed by atoms with Crippen molar-refractivity contribution in [3.05, 3.63) is 57.7 Å². The highest BCUT2D eigenvalue weighted by atomic mass is 14.3. The molecule has 0 saturated carbocycles. The molecule has 0 fully saturated rings. The average Bonchev–Trinajstić information content (AvgIpc) is 2.42. The van der Waals surface area contributed by atoms with Crippen LogP contribution in [0.4, 0.5) is 0 Å². The van der Waals surface area contributed by atoms with Crippen LogP contribution >= 0.6 is 0 Å². The minimum atomic E-state index is 0.118. The van der Waals surface area contributed by atoms with Gasteiger partial charge in [-0.05, 0) is 77.5 Å². The first kappa shape index (κ1) is 19.0. The van der Waals surface area contributed by atoms with Crippen molar-refractivity contribution < 1.29 is 0 Å². The molecule has 0 heterocycles. The van der Waals surface area contributed by atoms with Crippen molar-refractivity contribution in [2.45, 2.75) is 80.6 Å². The molecular weight excluding hydrogens is 288 g/mol. The van der Waals surface area contributed by atoms with Crippen molar-refractivity contribution >= 4 is 0 Å². The van der Waals surface area contributed by atoms with Gasteiger partial charge in [-0.25, -0.2) is 0 Å². The van der Waals surface area contributed by atoms with Gasteiger partial charge >= 0.3 is 0 Å². The Balaban J connectivity index is 2.64. The molecule has 2 rings (SSSR count). The number of hydrogen-bond acceptors (Lipinski definition) is 0. The third-order valence-corrected chi connectivity index (χ3v) is 5.45. The molecule has 1 aliphatic rings. The SMILES string of the molecule is CC1=CC(C(C)(C)C)=[C][C@@H](c2[c]c(C(C)(C)C)cc(C)c2C)C1C. The van der Waals surface area contributed by atoms with Crippen molar-refractivity contribution in [2.24, 2.45) is 11.3 Å². The lowest BCUT2D eigenvalue weighted by Crippen LogP contribution is -2.21. The number of benzene rings is 1. The van der Waals surface area contributed by atoms with Crippen LogP contribution in [-0.4, -0.2) is 0 Å². The van der Waals surface area contributed by atoms with Crippen LogP contribution in [0.1, 0.15) is 83.6 Å². The molecule has 0 spiro atoms. The Hall–Kier alpha value is -1.30. The second kappa shape index (κ2) is 6.21. The molecule has 0 N–H and O–H groups in total. The molecule has 2 radical (unpaired) electrons. The van der Waals surface area contributed by atoms with Gasteiger partial charge in [0.1, 0.15) is 0 Å². The first-order valence-corrected chi connectivity index (χ1v) is 9.18. The largest absolute Gasteiger partial charge is 0.0692 e. The van der Waals surface area contributed by atoms with Gasteiger partial charge in [0, 0.05) is 5.92 Å². The van der Waals surface area contributed by atoms with E-state index in [0.717, 1.165) is 0 Å². The van der Waals surface area contributed by atoms with E-state index in [1.807, 2.05) is 0 Å². The van der Waals surface area contributed by atoms with Crippen molar-refractivity contribution in [2.75, 3.05) is 0 Å². The minimum Gasteiger partial charge on any atom is -0.0692 e. The highest BCUT2D eigenvalue weighted by Gasteiger charge is 2.30. The summed E-state index contributed by atoms with van der Waals surface area (Å²) >= 11 is 0. The summed E-state index contributed by atoms with van der Waals surface area (Å²) in [7, 11) is 0. The van der Waals surface area contributed by atoms with Gasteiger partial charge in [0.15, 0.2) is 0 Å². The van der Waals surface area contributed by atoms with Gasteiger partial charge in [0.25, 0.3) is 0 Å². The van der Waals surface area contributed by atoms with Gasteiger partial charge in [-0.2, -0.15) is 0 Å². The van der Waals surface area contributed by atoms with Gasteiger partial charge < -0.3 is 0 Å². The Bertz CT molecular complexity index is 684. The Morgan fingerprint density at radius 1 is 0.917 bits per heavy atom. The summed E-state index contributed by atoms with van der Waals surface area (Å²) in [4.78, 5) is 0. The van der Waals surface area contributed by atoms with Gasteiger partial charge in [-0.3, -0.25) is 0 Å². The predicted molar refractivity (Wildman–Crippen MR) is 105 cm³/mol. The van der Waals surface area contributed by atoms with Crippen LogP contribution in [0.3, 0.4) is 0 Å². The molecule has 0 nitrogen and oxygen atoms in total. The molecule has 0 aromatic heterocycles. The second-order valence-corrected chi connectivity index (χ2v) is 9.62. The monoisotopic (exact) mass is 322 g/mol. The molecule has 1 aromatic carbocycles. The van der Waals surface area contributed by atoms with Crippen LogP contribution in [0, 0.1) is 37.3 Å². The number of hydrogen-bond donors (Lipinski definition) is 0. The summed E-state index contributed by atoms with van der Waals surface area (Å²) < 4.78 is 0. The Morgan fingerprint density at radius 3 is 2.00 bits per heavy atom. The van der Waals surface area contributed by atoms with Crippen LogP contribution in [0.15, 0.2) is 23.3 Å². The van der Waals surface area contributed by atoms with Crippen LogP contribution < -0.4 is 0 Å². The maximum Gasteiger partial charge on any atom is 0.0167 e. The molecule has 0 amide bonds. The summed E-state index contributed by atoms with van der Waals surface area (Å²) in [5.74, 6) is 0.769. The third-order valence-electron chi connectivity index (χ3n) is 5.45. The standard InChI is InChI=1S/C24H34/c1-15-11-19(23(5,6)7)13-21(17(15)3)22-14-20(24(8,9)10)12-16(2)18(22)4/h11-12,17,21H,1-10H3/t17?,21-/m1/s1. The zero-order valence-corrected chi connectivity index (χ0v) is 17.3. The maximum atomic E-state index is 3.85. The summed E-state index contributed by atoms with van der Waals surface area (Å²) in [6.45, 7) is 22.7. The van der Waals surface area contributed by atoms with Crippen LogP contribution in [-0.2, 0) is 5.41 Å². The van der Waals surface area contributed by atoms with Crippen LogP contribution in [0.2, 0.25) is 0 Å².